The van der Waals surface area contributed by atoms with Crippen LogP contribution in [0.15, 0.2) is 61.1 Å². The van der Waals surface area contributed by atoms with E-state index >= 15 is 0 Å². The maximum Gasteiger partial charge on any atom is 0.254 e. The van der Waals surface area contributed by atoms with E-state index in [1.165, 1.54) is 6.20 Å². The number of piperidine rings is 1. The van der Waals surface area contributed by atoms with Gasteiger partial charge in [-0.15, -0.1) is 0 Å². The number of nitrogens with two attached hydrogens (primary N) is 1. The van der Waals surface area contributed by atoms with Crippen LogP contribution in [0, 0.1) is 0 Å². The molecule has 220 valence electrons. The van der Waals surface area contributed by atoms with Gasteiger partial charge >= 0.3 is 0 Å². The molecule has 4 aromatic rings. The molecular formula is C32H31N5O6. The minimum Gasteiger partial charge on any atom is -0.496 e. The van der Waals surface area contributed by atoms with Crippen molar-refractivity contribution in [2.45, 2.75) is 24.9 Å². The van der Waals surface area contributed by atoms with Crippen LogP contribution in [-0.2, 0) is 7.05 Å². The Bertz CT molecular complexity index is 1710. The van der Waals surface area contributed by atoms with Gasteiger partial charge in [-0.25, -0.2) is 0 Å². The molecule has 2 aromatic heterocycles. The number of aryl methyl sites for hydroxylation is 1. The standard InChI is InChI=1S/C32H31N5O6/c1-36-18-22(17-35-36)29-27(41-2)13-21(14-28(29)42-3)31(40)37-10-8-32(9-11-37)15-25(38)23-12-19(5-7-26(23)43-32)24-6-4-20(16-34-24)30(33)39/h4-7,12-14,16-18H,8-11,15H2,1-3H3,(H2,33,39). The van der Waals surface area contributed by atoms with Crippen molar-refractivity contribution in [3.05, 3.63) is 77.7 Å². The minimum absolute atomic E-state index is 0.0166. The number of likely N-dealkylation sites (tertiary alicyclic amines) is 1. The monoisotopic (exact) mass is 581 g/mol. The lowest BCUT2D eigenvalue weighted by atomic mass is 9.82. The third-order valence-electron chi connectivity index (χ3n) is 8.14. The third-order valence-corrected chi connectivity index (χ3v) is 8.14. The molecule has 2 aliphatic rings. The number of carbonyl (C=O) groups excluding carboxylic acids is 3. The number of hydrogen-bond donors (Lipinski definition) is 1. The predicted octanol–water partition coefficient (Wildman–Crippen LogP) is 3.91. The summed E-state index contributed by atoms with van der Waals surface area (Å²) in [5, 5.41) is 4.24. The van der Waals surface area contributed by atoms with Gasteiger partial charge in [0, 0.05) is 62.1 Å². The molecule has 0 aliphatic carbocycles. The zero-order chi connectivity index (χ0) is 30.3. The van der Waals surface area contributed by atoms with Crippen LogP contribution >= 0.6 is 0 Å². The maximum atomic E-state index is 13.6. The molecular weight excluding hydrogens is 550 g/mol. The van der Waals surface area contributed by atoms with Crippen molar-refractivity contribution in [3.63, 3.8) is 0 Å². The van der Waals surface area contributed by atoms with Crippen molar-refractivity contribution in [2.75, 3.05) is 27.3 Å². The number of Topliss-reactive ketones (excluding diaryl/α,β-unsaturated/α-hetero) is 1. The molecule has 0 saturated carbocycles. The Morgan fingerprint density at radius 3 is 2.26 bits per heavy atom. The van der Waals surface area contributed by atoms with Gasteiger partial charge in [0.2, 0.25) is 5.91 Å². The number of rotatable bonds is 6. The van der Waals surface area contributed by atoms with Gasteiger partial charge in [0.1, 0.15) is 22.8 Å². The molecule has 2 N–H and O–H groups in total. The lowest BCUT2D eigenvalue weighted by molar-refractivity contribution is -0.00572. The number of carbonyl (C=O) groups is 3. The molecule has 1 saturated heterocycles. The number of aromatic nitrogens is 3. The van der Waals surface area contributed by atoms with E-state index in [9.17, 15) is 14.4 Å². The Hall–Kier alpha value is -5.19. The smallest absolute Gasteiger partial charge is 0.254 e. The highest BCUT2D eigenvalue weighted by atomic mass is 16.5. The SMILES string of the molecule is COc1cc(C(=O)N2CCC3(CC2)CC(=O)c2cc(-c4ccc(C(N)=O)cn4)ccc2O3)cc(OC)c1-c1cnn(C)c1. The molecule has 4 heterocycles. The van der Waals surface area contributed by atoms with Crippen LogP contribution in [0.5, 0.6) is 17.2 Å². The van der Waals surface area contributed by atoms with Gasteiger partial charge in [-0.2, -0.15) is 5.10 Å². The van der Waals surface area contributed by atoms with Crippen LogP contribution in [0.4, 0.5) is 0 Å². The van der Waals surface area contributed by atoms with Crippen LogP contribution < -0.4 is 19.9 Å². The first-order valence-electron chi connectivity index (χ1n) is 13.9. The molecule has 43 heavy (non-hydrogen) atoms. The van der Waals surface area contributed by atoms with Gasteiger partial charge in [-0.1, -0.05) is 0 Å². The molecule has 2 amide bonds. The number of ether oxygens (including phenoxy) is 3. The zero-order valence-corrected chi connectivity index (χ0v) is 24.1. The van der Waals surface area contributed by atoms with Gasteiger partial charge in [-0.3, -0.25) is 24.0 Å². The summed E-state index contributed by atoms with van der Waals surface area (Å²) in [5.74, 6) is 0.836. The Balaban J connectivity index is 1.18. The average molecular weight is 582 g/mol. The molecule has 0 bridgehead atoms. The number of amides is 2. The van der Waals surface area contributed by atoms with Crippen molar-refractivity contribution in [2.24, 2.45) is 12.8 Å². The molecule has 1 fully saturated rings. The number of primary amides is 1. The Labute approximate surface area is 248 Å². The van der Waals surface area contributed by atoms with E-state index in [-0.39, 0.29) is 18.1 Å². The number of fused-ring (bicyclic) bond motifs is 1. The van der Waals surface area contributed by atoms with Crippen LogP contribution in [0.25, 0.3) is 22.4 Å². The van der Waals surface area contributed by atoms with E-state index in [2.05, 4.69) is 10.1 Å². The Kier molecular flexibility index (Phi) is 7.09. The van der Waals surface area contributed by atoms with E-state index in [0.29, 0.717) is 65.6 Å². The van der Waals surface area contributed by atoms with Gasteiger partial charge < -0.3 is 24.8 Å². The lowest BCUT2D eigenvalue weighted by Gasteiger charge is -2.44. The Morgan fingerprint density at radius 2 is 1.67 bits per heavy atom. The zero-order valence-electron chi connectivity index (χ0n) is 24.1. The topological polar surface area (TPSA) is 139 Å². The molecule has 1 spiro atoms. The Morgan fingerprint density at radius 1 is 0.953 bits per heavy atom. The van der Waals surface area contributed by atoms with Gasteiger partial charge in [0.05, 0.1) is 49.2 Å². The number of nitrogens with zero attached hydrogens (tertiary/aromatic N) is 4. The number of pyridine rings is 1. The summed E-state index contributed by atoms with van der Waals surface area (Å²) in [7, 11) is 4.94. The van der Waals surface area contributed by atoms with Crippen LogP contribution in [0.2, 0.25) is 0 Å². The second-order valence-electron chi connectivity index (χ2n) is 10.8. The average Bonchev–Trinajstić information content (AvgIpc) is 3.45. The molecule has 11 nitrogen and oxygen atoms in total. The van der Waals surface area contributed by atoms with Crippen LogP contribution in [0.3, 0.4) is 0 Å². The minimum atomic E-state index is -0.677. The molecule has 11 heteroatoms. The second-order valence-corrected chi connectivity index (χ2v) is 10.8. The fourth-order valence-electron chi connectivity index (χ4n) is 5.81. The van der Waals surface area contributed by atoms with Crippen LogP contribution in [0.1, 0.15) is 50.3 Å². The van der Waals surface area contributed by atoms with Crippen LogP contribution in [-0.4, -0.2) is 70.2 Å². The fraction of sp³-hybridized carbons (Fsp3) is 0.281. The van der Waals surface area contributed by atoms with Gasteiger partial charge in [0.25, 0.3) is 5.91 Å². The molecule has 0 atom stereocenters. The summed E-state index contributed by atoms with van der Waals surface area (Å²) in [6.07, 6.45) is 6.25. The highest BCUT2D eigenvalue weighted by Crippen LogP contribution is 2.42. The normalized spacial score (nSPS) is 15.5. The number of hydrogen-bond acceptors (Lipinski definition) is 8. The predicted molar refractivity (Wildman–Crippen MR) is 157 cm³/mol. The molecule has 6 rings (SSSR count). The highest BCUT2D eigenvalue weighted by molar-refractivity contribution is 6.02. The maximum absolute atomic E-state index is 13.6. The van der Waals surface area contributed by atoms with Crippen molar-refractivity contribution >= 4 is 17.6 Å². The summed E-state index contributed by atoms with van der Waals surface area (Å²) in [5.41, 5.74) is 8.79. The molecule has 2 aliphatic heterocycles. The first-order valence-corrected chi connectivity index (χ1v) is 13.9. The molecule has 2 aromatic carbocycles. The van der Waals surface area contributed by atoms with Crippen molar-refractivity contribution in [3.8, 4) is 39.6 Å². The first-order chi connectivity index (χ1) is 20.7. The van der Waals surface area contributed by atoms with Crippen molar-refractivity contribution < 1.29 is 28.6 Å². The summed E-state index contributed by atoms with van der Waals surface area (Å²) in [4.78, 5) is 44.4. The molecule has 0 unspecified atom stereocenters. The number of methoxy groups -OCH3 is 2. The van der Waals surface area contributed by atoms with Crippen molar-refractivity contribution in [1.29, 1.82) is 0 Å². The third kappa shape index (κ3) is 5.18. The quantitative estimate of drug-likeness (QED) is 0.362. The van der Waals surface area contributed by atoms with Gasteiger partial charge in [-0.05, 0) is 42.5 Å². The number of benzene rings is 2. The first kappa shape index (κ1) is 28.0. The largest absolute Gasteiger partial charge is 0.496 e. The molecule has 0 radical (unpaired) electrons. The van der Waals surface area contributed by atoms with E-state index in [0.717, 1.165) is 16.7 Å². The van der Waals surface area contributed by atoms with Gasteiger partial charge in [0.15, 0.2) is 5.78 Å². The summed E-state index contributed by atoms with van der Waals surface area (Å²) < 4.78 is 19.4. The summed E-state index contributed by atoms with van der Waals surface area (Å²) in [6.45, 7) is 0.870. The summed E-state index contributed by atoms with van der Waals surface area (Å²) >= 11 is 0. The van der Waals surface area contributed by atoms with E-state index in [4.69, 9.17) is 19.9 Å². The highest BCUT2D eigenvalue weighted by Gasteiger charge is 2.44. The number of ketones is 1. The van der Waals surface area contributed by atoms with E-state index < -0.39 is 11.5 Å². The van der Waals surface area contributed by atoms with Crippen molar-refractivity contribution in [1.82, 2.24) is 19.7 Å². The summed E-state index contributed by atoms with van der Waals surface area (Å²) in [6, 6.07) is 12.1. The fourth-order valence-corrected chi connectivity index (χ4v) is 5.81. The van der Waals surface area contributed by atoms with E-state index in [1.807, 2.05) is 19.3 Å². The lowest BCUT2D eigenvalue weighted by Crippen LogP contribution is -2.52. The van der Waals surface area contributed by atoms with E-state index in [1.54, 1.807) is 66.4 Å². The second kappa shape index (κ2) is 10.9.